The number of nitrogens with one attached hydrogen (secondary N) is 3. The first-order valence-electron chi connectivity index (χ1n) is 11.3. The van der Waals surface area contributed by atoms with Crippen molar-refractivity contribution in [2.75, 3.05) is 13.2 Å². The molecule has 2 aliphatic rings. The minimum atomic E-state index is -0.959. The van der Waals surface area contributed by atoms with Gasteiger partial charge in [0, 0.05) is 29.9 Å². The molecule has 2 fully saturated rings. The third kappa shape index (κ3) is 5.37. The fraction of sp³-hybridized carbons (Fsp3) is 0.619. The fourth-order valence-corrected chi connectivity index (χ4v) is 4.34. The van der Waals surface area contributed by atoms with Crippen LogP contribution in [-0.4, -0.2) is 61.0 Å². The van der Waals surface area contributed by atoms with Crippen LogP contribution < -0.4 is 28.0 Å². The molecule has 4 heterocycles. The van der Waals surface area contributed by atoms with E-state index in [9.17, 15) is 29.4 Å². The summed E-state index contributed by atoms with van der Waals surface area (Å²) >= 11 is 0. The summed E-state index contributed by atoms with van der Waals surface area (Å²) in [7, 11) is 0. The minimum Gasteiger partial charge on any atom is -0.394 e. The van der Waals surface area contributed by atoms with Gasteiger partial charge in [-0.2, -0.15) is 5.48 Å². The van der Waals surface area contributed by atoms with E-state index in [0.717, 1.165) is 0 Å². The van der Waals surface area contributed by atoms with Gasteiger partial charge in [-0.15, -0.1) is 0 Å². The lowest BCUT2D eigenvalue weighted by Crippen LogP contribution is -2.38. The number of H-pyrrole nitrogens is 2. The summed E-state index contributed by atoms with van der Waals surface area (Å²) in [6, 6.07) is 0. The van der Waals surface area contributed by atoms with Gasteiger partial charge in [-0.05, 0) is 32.6 Å². The Morgan fingerprint density at radius 3 is 2.14 bits per heavy atom. The lowest BCUT2D eigenvalue weighted by atomic mass is 9.98. The molecule has 4 rings (SSSR count). The molecule has 2 aromatic rings. The van der Waals surface area contributed by atoms with Gasteiger partial charge in [0.2, 0.25) is 0 Å². The molecule has 4 unspecified atom stereocenters. The number of hydrogen-bond acceptors (Lipinski definition) is 10. The Hall–Kier alpha value is -2.88. The third-order valence-electron chi connectivity index (χ3n) is 6.34. The average molecular weight is 495 g/mol. The first kappa shape index (κ1) is 25.2. The number of aromatic amines is 2. The van der Waals surface area contributed by atoms with Gasteiger partial charge in [-0.3, -0.25) is 33.5 Å². The van der Waals surface area contributed by atoms with Crippen molar-refractivity contribution in [2.45, 2.75) is 64.0 Å². The Morgan fingerprint density at radius 2 is 1.57 bits per heavy atom. The molecule has 2 aliphatic heterocycles. The lowest BCUT2D eigenvalue weighted by Gasteiger charge is -2.19. The number of ether oxygens (including phenoxy) is 2. The van der Waals surface area contributed by atoms with Crippen molar-refractivity contribution in [2.24, 2.45) is 5.92 Å². The average Bonchev–Trinajstić information content (AvgIpc) is 3.39. The first-order chi connectivity index (χ1) is 16.7. The second-order valence-corrected chi connectivity index (χ2v) is 8.83. The highest BCUT2D eigenvalue weighted by Gasteiger charge is 2.37. The summed E-state index contributed by atoms with van der Waals surface area (Å²) in [4.78, 5) is 57.3. The zero-order chi connectivity index (χ0) is 25.3. The van der Waals surface area contributed by atoms with Gasteiger partial charge in [0.05, 0.1) is 25.4 Å². The SMILES string of the molecule is Cc1cn(C2CC(O)C(NOCCC3C[C@H](n4cc(C)c(=O)[nH]c4=O)O[C@@H]3CO)O2)c(=O)[nH]c1=O. The molecular formula is C21H29N5O9. The van der Waals surface area contributed by atoms with Crippen molar-refractivity contribution in [3.05, 3.63) is 65.2 Å². The highest BCUT2D eigenvalue weighted by atomic mass is 16.7. The number of aliphatic hydroxyl groups is 2. The second kappa shape index (κ2) is 10.4. The van der Waals surface area contributed by atoms with Crippen molar-refractivity contribution in [1.29, 1.82) is 0 Å². The Balaban J connectivity index is 1.30. The Bertz CT molecular complexity index is 1280. The van der Waals surface area contributed by atoms with E-state index in [1.54, 1.807) is 13.8 Å². The molecule has 0 aliphatic carbocycles. The number of nitrogens with zero attached hydrogens (tertiary/aromatic N) is 2. The number of hydroxylamine groups is 1. The van der Waals surface area contributed by atoms with Gasteiger partial charge in [0.1, 0.15) is 12.5 Å². The summed E-state index contributed by atoms with van der Waals surface area (Å²) in [5, 5.41) is 20.0. The number of aromatic nitrogens is 4. The summed E-state index contributed by atoms with van der Waals surface area (Å²) in [5.41, 5.74) is 1.19. The molecule has 2 aromatic heterocycles. The van der Waals surface area contributed by atoms with E-state index in [1.165, 1.54) is 21.5 Å². The smallest absolute Gasteiger partial charge is 0.330 e. The van der Waals surface area contributed by atoms with E-state index in [4.69, 9.17) is 14.3 Å². The van der Waals surface area contributed by atoms with Gasteiger partial charge < -0.3 is 19.7 Å². The first-order valence-corrected chi connectivity index (χ1v) is 11.3. The van der Waals surface area contributed by atoms with Crippen LogP contribution in [0.1, 0.15) is 42.8 Å². The zero-order valence-corrected chi connectivity index (χ0v) is 19.3. The summed E-state index contributed by atoms with van der Waals surface area (Å²) in [5.74, 6) is -0.129. The second-order valence-electron chi connectivity index (χ2n) is 8.83. The predicted molar refractivity (Wildman–Crippen MR) is 119 cm³/mol. The van der Waals surface area contributed by atoms with Crippen LogP contribution in [0.25, 0.3) is 0 Å². The normalized spacial score (nSPS) is 28.6. The lowest BCUT2D eigenvalue weighted by molar-refractivity contribution is -0.125. The van der Waals surface area contributed by atoms with Gasteiger partial charge in [-0.1, -0.05) is 0 Å². The fourth-order valence-electron chi connectivity index (χ4n) is 4.34. The molecule has 0 bridgehead atoms. The molecule has 5 N–H and O–H groups in total. The highest BCUT2D eigenvalue weighted by Crippen LogP contribution is 2.34. The van der Waals surface area contributed by atoms with Crippen molar-refractivity contribution >= 4 is 0 Å². The van der Waals surface area contributed by atoms with Gasteiger partial charge >= 0.3 is 11.4 Å². The number of hydrogen-bond donors (Lipinski definition) is 5. The summed E-state index contributed by atoms with van der Waals surface area (Å²) in [6.45, 7) is 3.09. The molecule has 0 radical (unpaired) electrons. The largest absolute Gasteiger partial charge is 0.394 e. The van der Waals surface area contributed by atoms with Gasteiger partial charge in [0.15, 0.2) is 6.23 Å². The Kier molecular flexibility index (Phi) is 7.49. The van der Waals surface area contributed by atoms with Gasteiger partial charge in [0.25, 0.3) is 11.1 Å². The van der Waals surface area contributed by atoms with E-state index in [1.807, 2.05) is 0 Å². The summed E-state index contributed by atoms with van der Waals surface area (Å²) in [6.07, 6.45) is 0.0371. The molecule has 192 valence electrons. The van der Waals surface area contributed by atoms with Crippen LogP contribution in [-0.2, 0) is 14.3 Å². The molecular weight excluding hydrogens is 466 g/mol. The molecule has 0 saturated carbocycles. The van der Waals surface area contributed by atoms with Crippen molar-refractivity contribution in [3.8, 4) is 0 Å². The predicted octanol–water partition coefficient (Wildman–Crippen LogP) is -1.88. The van der Waals surface area contributed by atoms with Crippen LogP contribution in [0, 0.1) is 19.8 Å². The van der Waals surface area contributed by atoms with E-state index < -0.39 is 53.4 Å². The van der Waals surface area contributed by atoms with E-state index in [2.05, 4.69) is 15.4 Å². The third-order valence-corrected chi connectivity index (χ3v) is 6.34. The standard InChI is InChI=1S/C21H29N5O9/c1-10-7-25(20(31)22-17(10)29)15-5-12(14(9-27)34-15)3-4-33-24-19-13(28)6-16(35-19)26-8-11(2)18(30)23-21(26)32/h7-8,12-16,19,24,27-28H,3-6,9H2,1-2H3,(H,22,29,31)(H,23,30,32)/t12?,13?,14-,15-,16?,19?/m1/s1. The van der Waals surface area contributed by atoms with Crippen molar-refractivity contribution < 1.29 is 24.5 Å². The topological polar surface area (TPSA) is 190 Å². The summed E-state index contributed by atoms with van der Waals surface area (Å²) < 4.78 is 14.0. The molecule has 0 spiro atoms. The molecule has 2 saturated heterocycles. The van der Waals surface area contributed by atoms with Gasteiger partial charge in [-0.25, -0.2) is 9.59 Å². The van der Waals surface area contributed by atoms with E-state index in [0.29, 0.717) is 24.0 Å². The monoisotopic (exact) mass is 495 g/mol. The van der Waals surface area contributed by atoms with Crippen LogP contribution in [0.2, 0.25) is 0 Å². The molecule has 35 heavy (non-hydrogen) atoms. The molecule has 6 atom stereocenters. The zero-order valence-electron chi connectivity index (χ0n) is 19.3. The van der Waals surface area contributed by atoms with Crippen molar-refractivity contribution in [1.82, 2.24) is 24.6 Å². The van der Waals surface area contributed by atoms with Crippen LogP contribution >= 0.6 is 0 Å². The Labute approximate surface area is 198 Å². The van der Waals surface area contributed by atoms with Crippen LogP contribution in [0.4, 0.5) is 0 Å². The molecule has 0 amide bonds. The quantitative estimate of drug-likeness (QED) is 0.205. The molecule has 0 aromatic carbocycles. The minimum absolute atomic E-state index is 0.116. The van der Waals surface area contributed by atoms with Crippen LogP contribution in [0.15, 0.2) is 31.6 Å². The van der Waals surface area contributed by atoms with Crippen LogP contribution in [0.3, 0.4) is 0 Å². The van der Waals surface area contributed by atoms with Crippen molar-refractivity contribution in [3.63, 3.8) is 0 Å². The van der Waals surface area contributed by atoms with Crippen LogP contribution in [0.5, 0.6) is 0 Å². The number of aryl methyl sites for hydroxylation is 2. The number of rotatable bonds is 8. The molecule has 14 nitrogen and oxygen atoms in total. The van der Waals surface area contributed by atoms with E-state index >= 15 is 0 Å². The number of aliphatic hydroxyl groups excluding tert-OH is 2. The van der Waals surface area contributed by atoms with E-state index in [-0.39, 0.29) is 25.6 Å². The maximum atomic E-state index is 12.2. The highest BCUT2D eigenvalue weighted by molar-refractivity contribution is 5.03. The maximum Gasteiger partial charge on any atom is 0.330 e. The maximum absolute atomic E-state index is 12.2. The Morgan fingerprint density at radius 1 is 1.00 bits per heavy atom. The molecule has 14 heteroatoms.